The van der Waals surface area contributed by atoms with E-state index in [9.17, 15) is 0 Å². The van der Waals surface area contributed by atoms with E-state index in [2.05, 4.69) is 31.1 Å². The summed E-state index contributed by atoms with van der Waals surface area (Å²) in [7, 11) is 0. The van der Waals surface area contributed by atoms with Crippen LogP contribution in [0.25, 0.3) is 0 Å². The molecule has 1 aromatic rings. The zero-order valence-corrected chi connectivity index (χ0v) is 12.2. The van der Waals surface area contributed by atoms with Crippen LogP contribution in [0.1, 0.15) is 40.0 Å². The number of anilines is 1. The molecule has 0 saturated heterocycles. The Morgan fingerprint density at radius 1 is 1.33 bits per heavy atom. The molecular weight excluding hydrogens is 244 g/mol. The van der Waals surface area contributed by atoms with Crippen LogP contribution in [0.3, 0.4) is 0 Å². The SMILES string of the molecule is CC1CCC(C(C)C)C(Nc2ccc(Cl)nc2)C1. The summed E-state index contributed by atoms with van der Waals surface area (Å²) < 4.78 is 0. The first-order chi connectivity index (χ1) is 8.56. The van der Waals surface area contributed by atoms with Gasteiger partial charge >= 0.3 is 0 Å². The maximum Gasteiger partial charge on any atom is 0.129 e. The first kappa shape index (κ1) is 13.7. The molecule has 18 heavy (non-hydrogen) atoms. The van der Waals surface area contributed by atoms with E-state index in [-0.39, 0.29) is 0 Å². The molecule has 1 fully saturated rings. The highest BCUT2D eigenvalue weighted by Gasteiger charge is 2.30. The quantitative estimate of drug-likeness (QED) is 0.809. The van der Waals surface area contributed by atoms with Crippen molar-refractivity contribution in [2.75, 3.05) is 5.32 Å². The Balaban J connectivity index is 2.06. The van der Waals surface area contributed by atoms with Gasteiger partial charge in [0.2, 0.25) is 0 Å². The fraction of sp³-hybridized carbons (Fsp3) is 0.667. The van der Waals surface area contributed by atoms with Crippen molar-refractivity contribution in [3.63, 3.8) is 0 Å². The second kappa shape index (κ2) is 5.92. The van der Waals surface area contributed by atoms with Gasteiger partial charge in [-0.15, -0.1) is 0 Å². The van der Waals surface area contributed by atoms with Crippen LogP contribution in [0.4, 0.5) is 5.69 Å². The molecule has 1 saturated carbocycles. The van der Waals surface area contributed by atoms with Crippen LogP contribution in [0, 0.1) is 17.8 Å². The molecule has 1 aliphatic carbocycles. The van der Waals surface area contributed by atoms with Crippen LogP contribution in [0.5, 0.6) is 0 Å². The van der Waals surface area contributed by atoms with Crippen LogP contribution < -0.4 is 5.32 Å². The lowest BCUT2D eigenvalue weighted by Crippen LogP contribution is -2.37. The number of hydrogen-bond acceptors (Lipinski definition) is 2. The van der Waals surface area contributed by atoms with E-state index >= 15 is 0 Å². The van der Waals surface area contributed by atoms with E-state index in [0.29, 0.717) is 11.2 Å². The van der Waals surface area contributed by atoms with Gasteiger partial charge in [-0.1, -0.05) is 38.8 Å². The lowest BCUT2D eigenvalue weighted by Gasteiger charge is -2.38. The Morgan fingerprint density at radius 3 is 2.72 bits per heavy atom. The van der Waals surface area contributed by atoms with Gasteiger partial charge in [-0.05, 0) is 42.7 Å². The molecule has 3 heteroatoms. The molecule has 0 aromatic carbocycles. The molecule has 1 heterocycles. The number of rotatable bonds is 3. The largest absolute Gasteiger partial charge is 0.381 e. The predicted molar refractivity (Wildman–Crippen MR) is 78.0 cm³/mol. The molecule has 3 unspecified atom stereocenters. The molecule has 0 bridgehead atoms. The van der Waals surface area contributed by atoms with Gasteiger partial charge in [0.15, 0.2) is 0 Å². The maximum atomic E-state index is 5.82. The van der Waals surface area contributed by atoms with Crippen molar-refractivity contribution in [1.29, 1.82) is 0 Å². The monoisotopic (exact) mass is 266 g/mol. The van der Waals surface area contributed by atoms with Crippen molar-refractivity contribution in [3.05, 3.63) is 23.5 Å². The minimum Gasteiger partial charge on any atom is -0.381 e. The fourth-order valence-corrected chi connectivity index (χ4v) is 3.16. The van der Waals surface area contributed by atoms with Crippen molar-refractivity contribution in [2.45, 2.75) is 46.1 Å². The minimum absolute atomic E-state index is 0.554. The summed E-state index contributed by atoms with van der Waals surface area (Å²) in [6.07, 6.45) is 5.78. The Labute approximate surface area is 115 Å². The Kier molecular flexibility index (Phi) is 4.50. The highest BCUT2D eigenvalue weighted by Crippen LogP contribution is 2.35. The Bertz CT molecular complexity index is 375. The highest BCUT2D eigenvalue weighted by molar-refractivity contribution is 6.29. The predicted octanol–water partition coefficient (Wildman–Crippen LogP) is 4.61. The van der Waals surface area contributed by atoms with E-state index in [1.165, 1.54) is 19.3 Å². The standard InChI is InChI=1S/C15H23ClN2/c1-10(2)13-6-4-11(3)8-14(13)18-12-5-7-15(16)17-9-12/h5,7,9-11,13-14,18H,4,6,8H2,1-3H3. The molecule has 2 nitrogen and oxygen atoms in total. The average molecular weight is 267 g/mol. The third kappa shape index (κ3) is 3.38. The second-order valence-corrected chi connectivity index (χ2v) is 6.33. The van der Waals surface area contributed by atoms with Crippen molar-refractivity contribution < 1.29 is 0 Å². The van der Waals surface area contributed by atoms with Gasteiger partial charge in [0.25, 0.3) is 0 Å². The number of aromatic nitrogens is 1. The minimum atomic E-state index is 0.554. The molecule has 100 valence electrons. The molecule has 1 N–H and O–H groups in total. The normalized spacial score (nSPS) is 28.4. The average Bonchev–Trinajstić information content (AvgIpc) is 2.32. The summed E-state index contributed by atoms with van der Waals surface area (Å²) in [5.74, 6) is 2.31. The van der Waals surface area contributed by atoms with Gasteiger partial charge in [0, 0.05) is 6.04 Å². The highest BCUT2D eigenvalue weighted by atomic mass is 35.5. The zero-order chi connectivity index (χ0) is 13.1. The first-order valence-corrected chi connectivity index (χ1v) is 7.32. The van der Waals surface area contributed by atoms with E-state index in [4.69, 9.17) is 11.6 Å². The lowest BCUT2D eigenvalue weighted by molar-refractivity contribution is 0.212. The third-order valence-corrected chi connectivity index (χ3v) is 4.33. The van der Waals surface area contributed by atoms with E-state index in [1.807, 2.05) is 18.3 Å². The smallest absolute Gasteiger partial charge is 0.129 e. The van der Waals surface area contributed by atoms with Gasteiger partial charge in [0.1, 0.15) is 5.15 Å². The topological polar surface area (TPSA) is 24.9 Å². The summed E-state index contributed by atoms with van der Waals surface area (Å²) >= 11 is 5.82. The van der Waals surface area contributed by atoms with E-state index in [1.54, 1.807) is 0 Å². The van der Waals surface area contributed by atoms with Crippen molar-refractivity contribution in [3.8, 4) is 0 Å². The van der Waals surface area contributed by atoms with Crippen molar-refractivity contribution in [2.24, 2.45) is 17.8 Å². The van der Waals surface area contributed by atoms with Crippen LogP contribution >= 0.6 is 11.6 Å². The van der Waals surface area contributed by atoms with Crippen LogP contribution in [0.15, 0.2) is 18.3 Å². The van der Waals surface area contributed by atoms with Gasteiger partial charge in [-0.2, -0.15) is 0 Å². The summed E-state index contributed by atoms with van der Waals surface area (Å²) in [6, 6.07) is 4.43. The van der Waals surface area contributed by atoms with E-state index < -0.39 is 0 Å². The number of halogens is 1. The third-order valence-electron chi connectivity index (χ3n) is 4.10. The Morgan fingerprint density at radius 2 is 2.11 bits per heavy atom. The molecule has 0 radical (unpaired) electrons. The molecule has 2 rings (SSSR count). The van der Waals surface area contributed by atoms with Gasteiger partial charge in [-0.3, -0.25) is 0 Å². The molecule has 0 amide bonds. The zero-order valence-electron chi connectivity index (χ0n) is 11.5. The van der Waals surface area contributed by atoms with Gasteiger partial charge < -0.3 is 5.32 Å². The molecule has 3 atom stereocenters. The molecular formula is C15H23ClN2. The second-order valence-electron chi connectivity index (χ2n) is 5.95. The Hall–Kier alpha value is -0.760. The maximum absolute atomic E-state index is 5.82. The number of nitrogens with zero attached hydrogens (tertiary/aromatic N) is 1. The first-order valence-electron chi connectivity index (χ1n) is 6.94. The number of hydrogen-bond donors (Lipinski definition) is 1. The van der Waals surface area contributed by atoms with Crippen LogP contribution in [0.2, 0.25) is 5.15 Å². The van der Waals surface area contributed by atoms with Crippen LogP contribution in [-0.2, 0) is 0 Å². The number of nitrogens with one attached hydrogen (secondary N) is 1. The van der Waals surface area contributed by atoms with Crippen LogP contribution in [-0.4, -0.2) is 11.0 Å². The lowest BCUT2D eigenvalue weighted by atomic mass is 9.74. The summed E-state index contributed by atoms with van der Waals surface area (Å²) in [5.41, 5.74) is 1.09. The summed E-state index contributed by atoms with van der Waals surface area (Å²) in [4.78, 5) is 4.14. The summed E-state index contributed by atoms with van der Waals surface area (Å²) in [6.45, 7) is 7.01. The van der Waals surface area contributed by atoms with Crippen molar-refractivity contribution >= 4 is 17.3 Å². The van der Waals surface area contributed by atoms with E-state index in [0.717, 1.165) is 23.4 Å². The van der Waals surface area contributed by atoms with Gasteiger partial charge in [-0.25, -0.2) is 4.98 Å². The molecule has 1 aliphatic rings. The summed E-state index contributed by atoms with van der Waals surface area (Å²) in [5, 5.41) is 4.20. The fourth-order valence-electron chi connectivity index (χ4n) is 3.04. The van der Waals surface area contributed by atoms with Gasteiger partial charge in [0.05, 0.1) is 11.9 Å². The molecule has 1 aromatic heterocycles. The number of pyridine rings is 1. The molecule has 0 aliphatic heterocycles. The van der Waals surface area contributed by atoms with Crippen molar-refractivity contribution in [1.82, 2.24) is 4.98 Å². The molecule has 0 spiro atoms.